The van der Waals surface area contributed by atoms with Crippen LogP contribution >= 0.6 is 23.2 Å². The number of alkyl halides is 1. The van der Waals surface area contributed by atoms with Crippen molar-refractivity contribution < 1.29 is 10.2 Å². The van der Waals surface area contributed by atoms with Gasteiger partial charge in [-0.25, -0.2) is 0 Å². The van der Waals surface area contributed by atoms with E-state index in [1.165, 1.54) is 0 Å². The predicted molar refractivity (Wildman–Crippen MR) is 99.4 cm³/mol. The van der Waals surface area contributed by atoms with Crippen LogP contribution in [0.25, 0.3) is 0 Å². The second-order valence-electron chi connectivity index (χ2n) is 6.84. The van der Waals surface area contributed by atoms with E-state index in [2.05, 4.69) is 6.92 Å². The van der Waals surface area contributed by atoms with Crippen molar-refractivity contribution in [2.24, 2.45) is 5.92 Å². The molecule has 0 aromatic heterocycles. The molecule has 2 nitrogen and oxygen atoms in total. The molecule has 2 aromatic carbocycles. The molecule has 0 heterocycles. The zero-order chi connectivity index (χ0) is 17.5. The highest BCUT2D eigenvalue weighted by molar-refractivity contribution is 6.32. The Morgan fingerprint density at radius 3 is 2.29 bits per heavy atom. The van der Waals surface area contributed by atoms with Crippen molar-refractivity contribution in [3.63, 3.8) is 0 Å². The van der Waals surface area contributed by atoms with Crippen LogP contribution in [0.2, 0.25) is 5.02 Å². The molecule has 1 saturated carbocycles. The van der Waals surface area contributed by atoms with Crippen molar-refractivity contribution in [2.45, 2.75) is 43.9 Å². The maximum absolute atomic E-state index is 10.1. The highest BCUT2D eigenvalue weighted by Gasteiger charge is 2.48. The van der Waals surface area contributed by atoms with Gasteiger partial charge in [0.1, 0.15) is 11.5 Å². The van der Waals surface area contributed by atoms with Crippen LogP contribution in [0.4, 0.5) is 0 Å². The molecule has 3 unspecified atom stereocenters. The third-order valence-corrected chi connectivity index (χ3v) is 6.29. The molecule has 0 spiro atoms. The van der Waals surface area contributed by atoms with Gasteiger partial charge in [-0.3, -0.25) is 0 Å². The predicted octanol–water partition coefficient (Wildman–Crippen LogP) is 5.77. The van der Waals surface area contributed by atoms with Gasteiger partial charge < -0.3 is 10.2 Å². The summed E-state index contributed by atoms with van der Waals surface area (Å²) in [5, 5.41) is 20.0. The number of hydrogen-bond acceptors (Lipinski definition) is 2. The molecule has 1 aliphatic carbocycles. The van der Waals surface area contributed by atoms with Crippen molar-refractivity contribution >= 4 is 23.2 Å². The minimum atomic E-state index is -0.393. The SMILES string of the molecule is Cc1cc(C2(c3ccc(O)cc3)C(C)CCCC2Cl)cc(Cl)c1O. The number of rotatable bonds is 2. The van der Waals surface area contributed by atoms with E-state index in [0.29, 0.717) is 10.9 Å². The van der Waals surface area contributed by atoms with E-state index in [1.807, 2.05) is 31.2 Å². The molecule has 24 heavy (non-hydrogen) atoms. The average Bonchev–Trinajstić information content (AvgIpc) is 2.54. The second kappa shape index (κ2) is 6.50. The van der Waals surface area contributed by atoms with Gasteiger partial charge in [0.15, 0.2) is 0 Å². The summed E-state index contributed by atoms with van der Waals surface area (Å²) in [7, 11) is 0. The Morgan fingerprint density at radius 2 is 1.71 bits per heavy atom. The fourth-order valence-corrected chi connectivity index (χ4v) is 5.07. The van der Waals surface area contributed by atoms with Crippen molar-refractivity contribution in [3.8, 4) is 11.5 Å². The quantitative estimate of drug-likeness (QED) is 0.663. The molecule has 2 N–H and O–H groups in total. The Balaban J connectivity index is 2.28. The Morgan fingerprint density at radius 1 is 1.04 bits per heavy atom. The van der Waals surface area contributed by atoms with E-state index in [0.717, 1.165) is 36.0 Å². The summed E-state index contributed by atoms with van der Waals surface area (Å²) in [6, 6.07) is 11.1. The largest absolute Gasteiger partial charge is 0.508 e. The van der Waals surface area contributed by atoms with E-state index >= 15 is 0 Å². The van der Waals surface area contributed by atoms with Crippen LogP contribution in [-0.4, -0.2) is 15.6 Å². The Labute approximate surface area is 153 Å². The van der Waals surface area contributed by atoms with Crippen molar-refractivity contribution in [3.05, 3.63) is 58.1 Å². The second-order valence-corrected chi connectivity index (χ2v) is 7.77. The first-order valence-electron chi connectivity index (χ1n) is 8.30. The molecule has 1 aliphatic rings. The van der Waals surface area contributed by atoms with Crippen LogP contribution in [-0.2, 0) is 5.41 Å². The van der Waals surface area contributed by atoms with Gasteiger partial charge in [0.05, 0.1) is 5.02 Å². The molecule has 1 fully saturated rings. The Kier molecular flexibility index (Phi) is 4.72. The van der Waals surface area contributed by atoms with Gasteiger partial charge in [0.25, 0.3) is 0 Å². The monoisotopic (exact) mass is 364 g/mol. The molecular weight excluding hydrogens is 343 g/mol. The van der Waals surface area contributed by atoms with Crippen molar-refractivity contribution in [1.29, 1.82) is 0 Å². The maximum atomic E-state index is 10.1. The first kappa shape index (κ1) is 17.4. The summed E-state index contributed by atoms with van der Waals surface area (Å²) in [5.74, 6) is 0.678. The molecule has 128 valence electrons. The number of phenolic OH excluding ortho intramolecular Hbond substituents is 2. The zero-order valence-electron chi connectivity index (χ0n) is 13.9. The summed E-state index contributed by atoms with van der Waals surface area (Å²) in [4.78, 5) is 0. The van der Waals surface area contributed by atoms with Crippen LogP contribution in [0.15, 0.2) is 36.4 Å². The number of hydrogen-bond donors (Lipinski definition) is 2. The summed E-state index contributed by atoms with van der Waals surface area (Å²) >= 11 is 13.2. The summed E-state index contributed by atoms with van der Waals surface area (Å²) in [6.07, 6.45) is 3.09. The van der Waals surface area contributed by atoms with Gasteiger partial charge in [0, 0.05) is 10.8 Å². The Hall–Kier alpha value is -1.38. The molecule has 4 heteroatoms. The number of aromatic hydroxyl groups is 2. The molecule has 3 atom stereocenters. The van der Waals surface area contributed by atoms with E-state index in [4.69, 9.17) is 23.2 Å². The highest BCUT2D eigenvalue weighted by atomic mass is 35.5. The molecule has 0 aliphatic heterocycles. The molecular formula is C20H22Cl2O2. The first-order valence-corrected chi connectivity index (χ1v) is 9.12. The molecule has 0 bridgehead atoms. The standard InChI is InChI=1S/C20H22Cl2O2/c1-12-10-15(11-17(21)19(12)24)20(13(2)4-3-5-18(20)22)14-6-8-16(23)9-7-14/h6-11,13,18,23-24H,3-5H2,1-2H3. The topological polar surface area (TPSA) is 40.5 Å². The lowest BCUT2D eigenvalue weighted by Gasteiger charge is -2.47. The van der Waals surface area contributed by atoms with E-state index in [-0.39, 0.29) is 16.9 Å². The molecule has 2 aromatic rings. The van der Waals surface area contributed by atoms with Crippen molar-refractivity contribution in [2.75, 3.05) is 0 Å². The molecule has 3 rings (SSSR count). The average molecular weight is 365 g/mol. The fraction of sp³-hybridized carbons (Fsp3) is 0.400. The first-order chi connectivity index (χ1) is 11.4. The molecule has 0 saturated heterocycles. The summed E-state index contributed by atoms with van der Waals surface area (Å²) < 4.78 is 0. The lowest BCUT2D eigenvalue weighted by Crippen LogP contribution is -2.46. The highest BCUT2D eigenvalue weighted by Crippen LogP contribution is 2.52. The Bertz CT molecular complexity index is 707. The van der Waals surface area contributed by atoms with Crippen LogP contribution < -0.4 is 0 Å². The molecule has 0 radical (unpaired) electrons. The van der Waals surface area contributed by atoms with Crippen LogP contribution in [0.1, 0.15) is 42.9 Å². The van der Waals surface area contributed by atoms with Gasteiger partial charge in [-0.05, 0) is 60.6 Å². The number of benzene rings is 2. The maximum Gasteiger partial charge on any atom is 0.137 e. The van der Waals surface area contributed by atoms with Gasteiger partial charge in [-0.2, -0.15) is 0 Å². The minimum Gasteiger partial charge on any atom is -0.508 e. The number of phenols is 2. The minimum absolute atomic E-state index is 0.0780. The van der Waals surface area contributed by atoms with Gasteiger partial charge in [-0.1, -0.05) is 43.1 Å². The van der Waals surface area contributed by atoms with Crippen LogP contribution in [0.3, 0.4) is 0 Å². The smallest absolute Gasteiger partial charge is 0.137 e. The van der Waals surface area contributed by atoms with Crippen LogP contribution in [0.5, 0.6) is 11.5 Å². The summed E-state index contributed by atoms with van der Waals surface area (Å²) in [5.41, 5.74) is 2.46. The normalized spacial score (nSPS) is 27.2. The third kappa shape index (κ3) is 2.66. The van der Waals surface area contributed by atoms with Crippen LogP contribution in [0, 0.1) is 12.8 Å². The van der Waals surface area contributed by atoms with Gasteiger partial charge >= 0.3 is 0 Å². The molecule has 0 amide bonds. The van der Waals surface area contributed by atoms with E-state index in [1.54, 1.807) is 12.1 Å². The third-order valence-electron chi connectivity index (χ3n) is 5.44. The summed E-state index contributed by atoms with van der Waals surface area (Å²) in [6.45, 7) is 4.07. The number of aryl methyl sites for hydroxylation is 1. The van der Waals surface area contributed by atoms with Gasteiger partial charge in [-0.15, -0.1) is 11.6 Å². The fourth-order valence-electron chi connectivity index (χ4n) is 4.18. The zero-order valence-corrected chi connectivity index (χ0v) is 15.4. The van der Waals surface area contributed by atoms with Crippen molar-refractivity contribution in [1.82, 2.24) is 0 Å². The number of halogens is 2. The van der Waals surface area contributed by atoms with E-state index < -0.39 is 5.41 Å². The lowest BCUT2D eigenvalue weighted by molar-refractivity contribution is 0.249. The van der Waals surface area contributed by atoms with E-state index in [9.17, 15) is 10.2 Å². The van der Waals surface area contributed by atoms with Gasteiger partial charge in [0.2, 0.25) is 0 Å². The lowest BCUT2D eigenvalue weighted by atomic mass is 9.59.